The zero-order valence-electron chi connectivity index (χ0n) is 4.88. The SMILES string of the molecule is CNc1n[nH]c(=O)n1N. The normalized spacial score (nSPS) is 9.44. The Hall–Kier alpha value is -1.46. The van der Waals surface area contributed by atoms with E-state index in [1.54, 1.807) is 7.05 Å². The third-order valence-corrected chi connectivity index (χ3v) is 0.928. The molecule has 6 nitrogen and oxygen atoms in total. The van der Waals surface area contributed by atoms with Crippen LogP contribution in [0.2, 0.25) is 0 Å². The summed E-state index contributed by atoms with van der Waals surface area (Å²) < 4.78 is 0.889. The lowest BCUT2D eigenvalue weighted by Gasteiger charge is -1.92. The van der Waals surface area contributed by atoms with E-state index in [4.69, 9.17) is 5.84 Å². The van der Waals surface area contributed by atoms with Crippen molar-refractivity contribution in [1.82, 2.24) is 14.9 Å². The van der Waals surface area contributed by atoms with Gasteiger partial charge < -0.3 is 11.2 Å². The van der Waals surface area contributed by atoms with Gasteiger partial charge in [0.25, 0.3) is 0 Å². The van der Waals surface area contributed by atoms with Gasteiger partial charge in [-0.1, -0.05) is 0 Å². The predicted molar refractivity (Wildman–Crippen MR) is 32.5 cm³/mol. The molecule has 0 bridgehead atoms. The second-order valence-electron chi connectivity index (χ2n) is 1.47. The van der Waals surface area contributed by atoms with Gasteiger partial charge in [-0.3, -0.25) is 0 Å². The van der Waals surface area contributed by atoms with E-state index >= 15 is 0 Å². The van der Waals surface area contributed by atoms with E-state index in [1.165, 1.54) is 0 Å². The zero-order valence-corrected chi connectivity index (χ0v) is 4.88. The van der Waals surface area contributed by atoms with E-state index in [-0.39, 0.29) is 0 Å². The van der Waals surface area contributed by atoms with Gasteiger partial charge in [-0.05, 0) is 0 Å². The number of nitrogens with one attached hydrogen (secondary N) is 2. The molecule has 1 aromatic rings. The van der Waals surface area contributed by atoms with E-state index in [0.29, 0.717) is 5.95 Å². The summed E-state index contributed by atoms with van der Waals surface area (Å²) in [5.41, 5.74) is -0.431. The standard InChI is InChI=1S/C3H7N5O/c1-5-2-6-7-3(9)8(2)4/h4H2,1H3,(H,5,6)(H,7,9). The van der Waals surface area contributed by atoms with Crippen molar-refractivity contribution in [1.29, 1.82) is 0 Å². The first kappa shape index (κ1) is 5.67. The van der Waals surface area contributed by atoms with Crippen LogP contribution in [0.25, 0.3) is 0 Å². The van der Waals surface area contributed by atoms with E-state index in [1.807, 2.05) is 0 Å². The van der Waals surface area contributed by atoms with Crippen molar-refractivity contribution in [2.75, 3.05) is 18.2 Å². The first-order valence-electron chi connectivity index (χ1n) is 2.36. The summed E-state index contributed by atoms with van der Waals surface area (Å²) in [6, 6.07) is 0. The maximum absolute atomic E-state index is 10.5. The van der Waals surface area contributed by atoms with Crippen LogP contribution in [0.5, 0.6) is 0 Å². The van der Waals surface area contributed by atoms with Crippen LogP contribution in [0.15, 0.2) is 4.79 Å². The van der Waals surface area contributed by atoms with Crippen molar-refractivity contribution in [2.24, 2.45) is 0 Å². The summed E-state index contributed by atoms with van der Waals surface area (Å²) in [5, 5.41) is 8.29. The Morgan fingerprint density at radius 2 is 2.56 bits per heavy atom. The maximum atomic E-state index is 10.5. The molecule has 0 aromatic carbocycles. The molecule has 1 heterocycles. The number of anilines is 1. The van der Waals surface area contributed by atoms with Gasteiger partial charge in [0.1, 0.15) is 0 Å². The van der Waals surface area contributed by atoms with Crippen molar-refractivity contribution < 1.29 is 0 Å². The molecule has 0 unspecified atom stereocenters. The topological polar surface area (TPSA) is 88.7 Å². The quantitative estimate of drug-likeness (QED) is 0.395. The highest BCUT2D eigenvalue weighted by atomic mass is 16.2. The summed E-state index contributed by atoms with van der Waals surface area (Å²) in [4.78, 5) is 10.5. The van der Waals surface area contributed by atoms with Crippen molar-refractivity contribution in [2.45, 2.75) is 0 Å². The molecule has 0 aliphatic carbocycles. The Balaban J connectivity index is 3.20. The highest BCUT2D eigenvalue weighted by Crippen LogP contribution is 1.86. The first-order chi connectivity index (χ1) is 4.25. The Morgan fingerprint density at radius 3 is 2.78 bits per heavy atom. The fourth-order valence-electron chi connectivity index (χ4n) is 0.481. The van der Waals surface area contributed by atoms with Crippen LogP contribution in [0.1, 0.15) is 0 Å². The maximum Gasteiger partial charge on any atom is 0.363 e. The van der Waals surface area contributed by atoms with Crippen LogP contribution in [0.4, 0.5) is 5.95 Å². The third-order valence-electron chi connectivity index (χ3n) is 0.928. The summed E-state index contributed by atoms with van der Waals surface area (Å²) >= 11 is 0. The Kier molecular flexibility index (Phi) is 1.14. The van der Waals surface area contributed by atoms with E-state index in [2.05, 4.69) is 15.5 Å². The molecule has 0 saturated carbocycles. The minimum Gasteiger partial charge on any atom is -0.356 e. The van der Waals surface area contributed by atoms with Crippen LogP contribution < -0.4 is 16.8 Å². The number of nitrogens with zero attached hydrogens (tertiary/aromatic N) is 2. The molecule has 0 amide bonds. The van der Waals surface area contributed by atoms with Gasteiger partial charge in [-0.2, -0.15) is 4.68 Å². The lowest BCUT2D eigenvalue weighted by Crippen LogP contribution is -2.25. The lowest BCUT2D eigenvalue weighted by atomic mass is 11.0. The van der Waals surface area contributed by atoms with Crippen LogP contribution in [0.3, 0.4) is 0 Å². The number of aromatic amines is 1. The molecule has 0 aliphatic rings. The zero-order chi connectivity index (χ0) is 6.85. The number of nitrogen functional groups attached to an aromatic ring is 1. The molecular formula is C3H7N5O. The summed E-state index contributed by atoms with van der Waals surface area (Å²) in [6.07, 6.45) is 0. The molecule has 0 fully saturated rings. The third kappa shape index (κ3) is 0.735. The summed E-state index contributed by atoms with van der Waals surface area (Å²) in [5.74, 6) is 5.48. The molecule has 0 aliphatic heterocycles. The molecule has 6 heteroatoms. The second kappa shape index (κ2) is 1.81. The van der Waals surface area contributed by atoms with Crippen LogP contribution in [-0.2, 0) is 0 Å². The second-order valence-corrected chi connectivity index (χ2v) is 1.47. The molecule has 0 atom stereocenters. The predicted octanol–water partition coefficient (Wildman–Crippen LogP) is -1.67. The van der Waals surface area contributed by atoms with Crippen LogP contribution in [-0.4, -0.2) is 21.9 Å². The van der Waals surface area contributed by atoms with Crippen molar-refractivity contribution in [3.05, 3.63) is 10.5 Å². The molecule has 1 rings (SSSR count). The number of hydrogen-bond donors (Lipinski definition) is 3. The van der Waals surface area contributed by atoms with Gasteiger partial charge in [0, 0.05) is 7.05 Å². The van der Waals surface area contributed by atoms with Crippen molar-refractivity contribution in [3.63, 3.8) is 0 Å². The van der Waals surface area contributed by atoms with E-state index in [9.17, 15) is 4.79 Å². The smallest absolute Gasteiger partial charge is 0.356 e. The highest BCUT2D eigenvalue weighted by Gasteiger charge is 1.98. The molecular weight excluding hydrogens is 122 g/mol. The molecule has 50 valence electrons. The lowest BCUT2D eigenvalue weighted by molar-refractivity contribution is 0.938. The molecule has 1 aromatic heterocycles. The van der Waals surface area contributed by atoms with Gasteiger partial charge in [0.15, 0.2) is 0 Å². The molecule has 0 radical (unpaired) electrons. The average molecular weight is 129 g/mol. The van der Waals surface area contributed by atoms with Gasteiger partial charge in [-0.15, -0.1) is 5.10 Å². The van der Waals surface area contributed by atoms with Gasteiger partial charge in [0.05, 0.1) is 0 Å². The van der Waals surface area contributed by atoms with Crippen molar-refractivity contribution in [3.8, 4) is 0 Å². The number of hydrogen-bond acceptors (Lipinski definition) is 4. The van der Waals surface area contributed by atoms with Gasteiger partial charge in [0.2, 0.25) is 5.95 Å². The van der Waals surface area contributed by atoms with E-state index in [0.717, 1.165) is 4.68 Å². The fourth-order valence-corrected chi connectivity index (χ4v) is 0.481. The van der Waals surface area contributed by atoms with Crippen molar-refractivity contribution >= 4 is 5.95 Å². The number of rotatable bonds is 1. The number of aromatic nitrogens is 3. The minimum atomic E-state index is -0.431. The Labute approximate surface area is 50.6 Å². The number of nitrogens with two attached hydrogens (primary N) is 1. The van der Waals surface area contributed by atoms with Crippen LogP contribution in [0, 0.1) is 0 Å². The molecule has 4 N–H and O–H groups in total. The van der Waals surface area contributed by atoms with E-state index < -0.39 is 5.69 Å². The number of H-pyrrole nitrogens is 1. The van der Waals surface area contributed by atoms with Gasteiger partial charge in [-0.25, -0.2) is 9.89 Å². The largest absolute Gasteiger partial charge is 0.363 e. The first-order valence-corrected chi connectivity index (χ1v) is 2.36. The van der Waals surface area contributed by atoms with Gasteiger partial charge >= 0.3 is 5.69 Å². The molecule has 9 heavy (non-hydrogen) atoms. The summed E-state index contributed by atoms with van der Waals surface area (Å²) in [6.45, 7) is 0. The highest BCUT2D eigenvalue weighted by molar-refractivity contribution is 5.20. The molecule has 0 saturated heterocycles. The Bertz CT molecular complexity index is 247. The monoisotopic (exact) mass is 129 g/mol. The van der Waals surface area contributed by atoms with Crippen LogP contribution >= 0.6 is 0 Å². The minimum absolute atomic E-state index is 0.319. The average Bonchev–Trinajstić information content (AvgIpc) is 2.15. The molecule has 0 spiro atoms. The Morgan fingerprint density at radius 1 is 1.89 bits per heavy atom. The fraction of sp³-hybridized carbons (Fsp3) is 0.333. The summed E-state index contributed by atoms with van der Waals surface area (Å²) in [7, 11) is 1.62.